The molecule has 0 spiro atoms. The number of hydrogen-bond acceptors (Lipinski definition) is 2. The molecule has 0 unspecified atom stereocenters. The Labute approximate surface area is 99.5 Å². The Morgan fingerprint density at radius 1 is 1.17 bits per heavy atom. The van der Waals surface area contributed by atoms with E-state index in [0.29, 0.717) is 0 Å². The molecule has 2 aromatic rings. The van der Waals surface area contributed by atoms with Crippen LogP contribution in [0.5, 0.6) is 0 Å². The van der Waals surface area contributed by atoms with Crippen LogP contribution in [-0.2, 0) is 0 Å². The Morgan fingerprint density at radius 2 is 1.89 bits per heavy atom. The van der Waals surface area contributed by atoms with Crippen molar-refractivity contribution in [3.63, 3.8) is 0 Å². The summed E-state index contributed by atoms with van der Waals surface area (Å²) in [5, 5.41) is 8.93. The van der Waals surface area contributed by atoms with Crippen LogP contribution in [0, 0.1) is 11.6 Å². The Kier molecular flexibility index (Phi) is 2.93. The summed E-state index contributed by atoms with van der Waals surface area (Å²) in [5.74, 6) is -3.02. The summed E-state index contributed by atoms with van der Waals surface area (Å²) in [4.78, 5) is 24.5. The van der Waals surface area contributed by atoms with Crippen LogP contribution in [-0.4, -0.2) is 16.1 Å². The molecule has 0 amide bonds. The third kappa shape index (κ3) is 2.00. The lowest BCUT2D eigenvalue weighted by atomic mass is 10.0. The predicted octanol–water partition coefficient (Wildman–Crippen LogP) is 2.02. The van der Waals surface area contributed by atoms with Gasteiger partial charge < -0.3 is 10.1 Å². The normalized spacial score (nSPS) is 10.3. The number of H-pyrrole nitrogens is 1. The lowest BCUT2D eigenvalue weighted by Crippen LogP contribution is -2.18. The number of nitrogens with one attached hydrogen (secondary N) is 1. The first-order valence-electron chi connectivity index (χ1n) is 4.91. The summed E-state index contributed by atoms with van der Waals surface area (Å²) in [6.07, 6.45) is 1.18. The van der Waals surface area contributed by atoms with Crippen molar-refractivity contribution in [1.82, 2.24) is 4.98 Å². The highest BCUT2D eigenvalue weighted by atomic mass is 19.1. The molecular weight excluding hydrogens is 244 g/mol. The smallest absolute Gasteiger partial charge is 0.341 e. The van der Waals surface area contributed by atoms with Crippen LogP contribution in [0.3, 0.4) is 0 Å². The van der Waals surface area contributed by atoms with Crippen molar-refractivity contribution < 1.29 is 18.7 Å². The first-order valence-corrected chi connectivity index (χ1v) is 4.91. The van der Waals surface area contributed by atoms with Crippen molar-refractivity contribution >= 4 is 5.97 Å². The fourth-order valence-electron chi connectivity index (χ4n) is 1.62. The molecule has 6 heteroatoms. The van der Waals surface area contributed by atoms with E-state index >= 15 is 0 Å². The van der Waals surface area contributed by atoms with E-state index in [4.69, 9.17) is 5.11 Å². The Morgan fingerprint density at radius 3 is 2.56 bits per heavy atom. The van der Waals surface area contributed by atoms with E-state index in [1.807, 2.05) is 0 Å². The van der Waals surface area contributed by atoms with Gasteiger partial charge in [-0.1, -0.05) is 0 Å². The maximum atomic E-state index is 13.6. The van der Waals surface area contributed by atoms with Crippen molar-refractivity contribution in [1.29, 1.82) is 0 Å². The largest absolute Gasteiger partial charge is 0.477 e. The van der Waals surface area contributed by atoms with Gasteiger partial charge >= 0.3 is 5.97 Å². The SMILES string of the molecule is O=C(O)c1c(-c2cc(F)ccc2F)cc[nH]c1=O. The standard InChI is InChI=1S/C12H7F2NO3/c13-6-1-2-9(14)8(5-6)7-3-4-15-11(16)10(7)12(17)18/h1-5H,(H,15,16)(H,17,18). The lowest BCUT2D eigenvalue weighted by molar-refractivity contribution is 0.0696. The van der Waals surface area contributed by atoms with Gasteiger partial charge in [-0.15, -0.1) is 0 Å². The molecule has 2 rings (SSSR count). The maximum absolute atomic E-state index is 13.6. The van der Waals surface area contributed by atoms with Crippen LogP contribution in [0.2, 0.25) is 0 Å². The Bertz CT molecular complexity index is 679. The number of carbonyl (C=O) groups is 1. The number of carboxylic acid groups (broad SMARTS) is 1. The molecule has 0 saturated carbocycles. The van der Waals surface area contributed by atoms with Gasteiger partial charge in [0, 0.05) is 17.3 Å². The van der Waals surface area contributed by atoms with Crippen molar-refractivity contribution in [3.8, 4) is 11.1 Å². The van der Waals surface area contributed by atoms with E-state index in [9.17, 15) is 18.4 Å². The topological polar surface area (TPSA) is 70.2 Å². The van der Waals surface area contributed by atoms with Crippen LogP contribution >= 0.6 is 0 Å². The highest BCUT2D eigenvalue weighted by Crippen LogP contribution is 2.25. The number of benzene rings is 1. The summed E-state index contributed by atoms with van der Waals surface area (Å²) in [6, 6.07) is 3.84. The number of halogens is 2. The summed E-state index contributed by atoms with van der Waals surface area (Å²) >= 11 is 0. The molecule has 0 radical (unpaired) electrons. The van der Waals surface area contributed by atoms with E-state index in [0.717, 1.165) is 18.2 Å². The fourth-order valence-corrected chi connectivity index (χ4v) is 1.62. The molecule has 0 bridgehead atoms. The highest BCUT2D eigenvalue weighted by molar-refractivity contribution is 5.95. The van der Waals surface area contributed by atoms with Crippen LogP contribution in [0.25, 0.3) is 11.1 Å². The van der Waals surface area contributed by atoms with E-state index in [1.165, 1.54) is 12.3 Å². The Balaban J connectivity index is 2.79. The van der Waals surface area contributed by atoms with E-state index in [2.05, 4.69) is 4.98 Å². The third-order valence-electron chi connectivity index (χ3n) is 2.39. The zero-order valence-corrected chi connectivity index (χ0v) is 8.91. The number of pyridine rings is 1. The average Bonchev–Trinajstić information content (AvgIpc) is 2.31. The molecule has 0 aliphatic carbocycles. The molecule has 0 fully saturated rings. The second-order valence-corrected chi connectivity index (χ2v) is 3.52. The van der Waals surface area contributed by atoms with Crippen LogP contribution in [0.1, 0.15) is 10.4 Å². The molecule has 0 aliphatic rings. The molecule has 2 N–H and O–H groups in total. The summed E-state index contributed by atoms with van der Waals surface area (Å²) in [6.45, 7) is 0. The van der Waals surface area contributed by atoms with Crippen LogP contribution < -0.4 is 5.56 Å². The number of hydrogen-bond donors (Lipinski definition) is 2. The van der Waals surface area contributed by atoms with E-state index < -0.39 is 28.7 Å². The fraction of sp³-hybridized carbons (Fsp3) is 0. The van der Waals surface area contributed by atoms with E-state index in [1.54, 1.807) is 0 Å². The highest BCUT2D eigenvalue weighted by Gasteiger charge is 2.18. The number of aromatic nitrogens is 1. The van der Waals surface area contributed by atoms with Gasteiger partial charge in [-0.05, 0) is 24.3 Å². The first-order chi connectivity index (χ1) is 8.50. The zero-order chi connectivity index (χ0) is 13.3. The van der Waals surface area contributed by atoms with Gasteiger partial charge in [-0.25, -0.2) is 13.6 Å². The third-order valence-corrected chi connectivity index (χ3v) is 2.39. The molecule has 1 aromatic carbocycles. The summed E-state index contributed by atoms with van der Waals surface area (Å²) in [7, 11) is 0. The minimum atomic E-state index is -1.50. The number of rotatable bonds is 2. The second kappa shape index (κ2) is 4.40. The molecular formula is C12H7F2NO3. The molecule has 1 heterocycles. The van der Waals surface area contributed by atoms with Gasteiger partial charge in [0.1, 0.15) is 17.2 Å². The second-order valence-electron chi connectivity index (χ2n) is 3.52. The van der Waals surface area contributed by atoms with Crippen LogP contribution in [0.15, 0.2) is 35.3 Å². The molecule has 4 nitrogen and oxygen atoms in total. The van der Waals surface area contributed by atoms with Gasteiger partial charge in [-0.3, -0.25) is 4.79 Å². The molecule has 18 heavy (non-hydrogen) atoms. The monoisotopic (exact) mass is 251 g/mol. The minimum Gasteiger partial charge on any atom is -0.477 e. The molecule has 0 atom stereocenters. The first kappa shape index (κ1) is 12.0. The molecule has 0 aliphatic heterocycles. The lowest BCUT2D eigenvalue weighted by Gasteiger charge is -2.06. The summed E-state index contributed by atoms with van der Waals surface area (Å²) in [5.41, 5.74) is -1.92. The van der Waals surface area contributed by atoms with Gasteiger partial charge in [0.05, 0.1) is 0 Å². The van der Waals surface area contributed by atoms with Gasteiger partial charge in [0.25, 0.3) is 5.56 Å². The van der Waals surface area contributed by atoms with Gasteiger partial charge in [0.2, 0.25) is 0 Å². The maximum Gasteiger partial charge on any atom is 0.341 e. The Hall–Kier alpha value is -2.50. The van der Waals surface area contributed by atoms with E-state index in [-0.39, 0.29) is 11.1 Å². The quantitative estimate of drug-likeness (QED) is 0.857. The average molecular weight is 251 g/mol. The molecule has 92 valence electrons. The molecule has 0 saturated heterocycles. The predicted molar refractivity (Wildman–Crippen MR) is 59.4 cm³/mol. The zero-order valence-electron chi connectivity index (χ0n) is 8.91. The van der Waals surface area contributed by atoms with Crippen molar-refractivity contribution in [2.24, 2.45) is 0 Å². The van der Waals surface area contributed by atoms with Crippen molar-refractivity contribution in [3.05, 3.63) is 58.0 Å². The number of aromatic amines is 1. The van der Waals surface area contributed by atoms with Crippen molar-refractivity contribution in [2.45, 2.75) is 0 Å². The molecule has 1 aromatic heterocycles. The number of carboxylic acids is 1. The van der Waals surface area contributed by atoms with Gasteiger partial charge in [0.15, 0.2) is 0 Å². The van der Waals surface area contributed by atoms with Gasteiger partial charge in [-0.2, -0.15) is 0 Å². The minimum absolute atomic E-state index is 0.164. The van der Waals surface area contributed by atoms with Crippen molar-refractivity contribution in [2.75, 3.05) is 0 Å². The number of aromatic carboxylic acids is 1. The summed E-state index contributed by atoms with van der Waals surface area (Å²) < 4.78 is 26.6. The van der Waals surface area contributed by atoms with Crippen LogP contribution in [0.4, 0.5) is 8.78 Å².